The lowest BCUT2D eigenvalue weighted by atomic mass is 10.2. The number of hydrogen-bond donors (Lipinski definition) is 1. The molecule has 4 nitrogen and oxygen atoms in total. The van der Waals surface area contributed by atoms with Crippen molar-refractivity contribution in [2.75, 3.05) is 18.2 Å². The van der Waals surface area contributed by atoms with Crippen LogP contribution in [0.25, 0.3) is 0 Å². The van der Waals surface area contributed by atoms with Crippen molar-refractivity contribution in [2.24, 2.45) is 0 Å². The minimum absolute atomic E-state index is 0.0451. The van der Waals surface area contributed by atoms with Crippen LogP contribution in [0.2, 0.25) is 0 Å². The van der Waals surface area contributed by atoms with Crippen LogP contribution in [0.1, 0.15) is 25.7 Å². The average Bonchev–Trinajstić information content (AvgIpc) is 2.02. The molecule has 0 atom stereocenters. The first-order chi connectivity index (χ1) is 6.48. The van der Waals surface area contributed by atoms with Crippen molar-refractivity contribution in [3.05, 3.63) is 0 Å². The molecule has 0 heterocycles. The van der Waals surface area contributed by atoms with E-state index in [-0.39, 0.29) is 12.2 Å². The molecule has 0 rings (SSSR count). The average molecular weight is 226 g/mol. The van der Waals surface area contributed by atoms with Crippen LogP contribution >= 0.6 is 0 Å². The first-order valence-electron chi connectivity index (χ1n) is 4.46. The lowest BCUT2D eigenvalue weighted by Crippen LogP contribution is -2.12. The van der Waals surface area contributed by atoms with Crippen molar-refractivity contribution < 1.29 is 22.7 Å². The van der Waals surface area contributed by atoms with Gasteiger partial charge in [0.05, 0.1) is 11.5 Å². The maximum atomic E-state index is 11.7. The van der Waals surface area contributed by atoms with Crippen LogP contribution in [0, 0.1) is 0 Å². The van der Waals surface area contributed by atoms with E-state index in [9.17, 15) is 17.6 Å². The Morgan fingerprint density at radius 2 is 1.79 bits per heavy atom. The van der Waals surface area contributed by atoms with Crippen molar-refractivity contribution in [2.45, 2.75) is 25.7 Å². The van der Waals surface area contributed by atoms with E-state index in [1.807, 2.05) is 0 Å². The van der Waals surface area contributed by atoms with Crippen LogP contribution in [-0.4, -0.2) is 37.7 Å². The SMILES string of the molecule is O=C(O)CCCCCS(=O)(=O)CCF. The topological polar surface area (TPSA) is 71.4 Å². The summed E-state index contributed by atoms with van der Waals surface area (Å²) in [5.74, 6) is -1.35. The number of carboxylic acid groups (broad SMARTS) is 1. The van der Waals surface area contributed by atoms with Gasteiger partial charge in [-0.05, 0) is 12.8 Å². The Morgan fingerprint density at radius 3 is 2.29 bits per heavy atom. The molecule has 0 aromatic rings. The largest absolute Gasteiger partial charge is 0.481 e. The number of aliphatic carboxylic acids is 1. The van der Waals surface area contributed by atoms with E-state index in [0.717, 1.165) is 0 Å². The second-order valence-corrected chi connectivity index (χ2v) is 5.35. The smallest absolute Gasteiger partial charge is 0.303 e. The summed E-state index contributed by atoms with van der Waals surface area (Å²) in [4.78, 5) is 10.1. The summed E-state index contributed by atoms with van der Waals surface area (Å²) in [5.41, 5.74) is 0. The highest BCUT2D eigenvalue weighted by atomic mass is 32.2. The van der Waals surface area contributed by atoms with Gasteiger partial charge in [0.2, 0.25) is 0 Å². The summed E-state index contributed by atoms with van der Waals surface area (Å²) >= 11 is 0. The van der Waals surface area contributed by atoms with E-state index in [0.29, 0.717) is 19.3 Å². The predicted octanol–water partition coefficient (Wildman–Crippen LogP) is 1.02. The van der Waals surface area contributed by atoms with Crippen molar-refractivity contribution in [3.8, 4) is 0 Å². The minimum atomic E-state index is -3.25. The fourth-order valence-corrected chi connectivity index (χ4v) is 2.08. The first kappa shape index (κ1) is 13.4. The summed E-state index contributed by atoms with van der Waals surface area (Å²) in [6, 6.07) is 0. The molecular weight excluding hydrogens is 211 g/mol. The van der Waals surface area contributed by atoms with Gasteiger partial charge in [0, 0.05) is 6.42 Å². The van der Waals surface area contributed by atoms with Crippen LogP contribution in [-0.2, 0) is 14.6 Å². The van der Waals surface area contributed by atoms with Gasteiger partial charge >= 0.3 is 5.97 Å². The summed E-state index contributed by atoms with van der Waals surface area (Å²) in [6.45, 7) is -0.850. The zero-order valence-corrected chi connectivity index (χ0v) is 8.72. The molecule has 0 saturated carbocycles. The zero-order valence-electron chi connectivity index (χ0n) is 7.91. The maximum Gasteiger partial charge on any atom is 0.303 e. The predicted molar refractivity (Wildman–Crippen MR) is 50.7 cm³/mol. The number of rotatable bonds is 8. The molecule has 84 valence electrons. The Hall–Kier alpha value is -0.650. The van der Waals surface area contributed by atoms with Crippen molar-refractivity contribution in [1.82, 2.24) is 0 Å². The molecule has 0 bridgehead atoms. The number of carboxylic acids is 1. The molecule has 0 saturated heterocycles. The van der Waals surface area contributed by atoms with Crippen LogP contribution < -0.4 is 0 Å². The van der Waals surface area contributed by atoms with Gasteiger partial charge in [-0.15, -0.1) is 0 Å². The molecule has 0 aliphatic rings. The molecule has 6 heteroatoms. The molecule has 0 unspecified atom stereocenters. The molecule has 0 fully saturated rings. The molecular formula is C8H15FO4S. The van der Waals surface area contributed by atoms with E-state index >= 15 is 0 Å². The van der Waals surface area contributed by atoms with Gasteiger partial charge in [-0.1, -0.05) is 6.42 Å². The van der Waals surface area contributed by atoms with E-state index < -0.39 is 28.2 Å². The Kier molecular flexibility index (Phi) is 6.44. The number of halogens is 1. The third-order valence-corrected chi connectivity index (χ3v) is 3.42. The fourth-order valence-electron chi connectivity index (χ4n) is 0.995. The van der Waals surface area contributed by atoms with E-state index in [2.05, 4.69) is 0 Å². The zero-order chi connectivity index (χ0) is 11.0. The highest BCUT2D eigenvalue weighted by molar-refractivity contribution is 7.91. The molecule has 1 N–H and O–H groups in total. The lowest BCUT2D eigenvalue weighted by Gasteiger charge is -2.00. The summed E-state index contributed by atoms with van der Waals surface area (Å²) < 4.78 is 33.7. The number of hydrogen-bond acceptors (Lipinski definition) is 3. The summed E-state index contributed by atoms with van der Waals surface area (Å²) in [5, 5.41) is 8.29. The van der Waals surface area contributed by atoms with Gasteiger partial charge in [0.25, 0.3) is 0 Å². The van der Waals surface area contributed by atoms with Crippen molar-refractivity contribution in [3.63, 3.8) is 0 Å². The molecule has 0 aliphatic carbocycles. The molecule has 0 radical (unpaired) electrons. The third kappa shape index (κ3) is 7.97. The molecule has 0 aromatic carbocycles. The van der Waals surface area contributed by atoms with Gasteiger partial charge in [0.1, 0.15) is 6.67 Å². The van der Waals surface area contributed by atoms with E-state index in [1.165, 1.54) is 0 Å². The van der Waals surface area contributed by atoms with E-state index in [4.69, 9.17) is 5.11 Å². The Morgan fingerprint density at radius 1 is 1.14 bits per heavy atom. The Bertz CT molecular complexity index is 261. The monoisotopic (exact) mass is 226 g/mol. The fraction of sp³-hybridized carbons (Fsp3) is 0.875. The van der Waals surface area contributed by atoms with E-state index in [1.54, 1.807) is 0 Å². The highest BCUT2D eigenvalue weighted by Crippen LogP contribution is 2.03. The molecule has 0 spiro atoms. The third-order valence-electron chi connectivity index (χ3n) is 1.73. The molecule has 0 amide bonds. The Balaban J connectivity index is 3.49. The van der Waals surface area contributed by atoms with Gasteiger partial charge in [0.15, 0.2) is 9.84 Å². The standard InChI is InChI=1S/C8H15FO4S/c9-5-7-14(12,13)6-3-1-2-4-8(10)11/h1-7H2,(H,10,11). The summed E-state index contributed by atoms with van der Waals surface area (Å²) in [6.07, 6.45) is 1.50. The lowest BCUT2D eigenvalue weighted by molar-refractivity contribution is -0.137. The van der Waals surface area contributed by atoms with Gasteiger partial charge in [-0.25, -0.2) is 12.8 Å². The van der Waals surface area contributed by atoms with Crippen LogP contribution in [0.4, 0.5) is 4.39 Å². The van der Waals surface area contributed by atoms with Crippen LogP contribution in [0.15, 0.2) is 0 Å². The van der Waals surface area contributed by atoms with Crippen molar-refractivity contribution in [1.29, 1.82) is 0 Å². The number of alkyl halides is 1. The Labute approximate surface area is 83.0 Å². The second-order valence-electron chi connectivity index (χ2n) is 3.05. The summed E-state index contributed by atoms with van der Waals surface area (Å²) in [7, 11) is -3.25. The van der Waals surface area contributed by atoms with Gasteiger partial charge < -0.3 is 5.11 Å². The highest BCUT2D eigenvalue weighted by Gasteiger charge is 2.09. The number of sulfone groups is 1. The number of unbranched alkanes of at least 4 members (excludes halogenated alkanes) is 2. The normalized spacial score (nSPS) is 11.5. The molecule has 0 aliphatic heterocycles. The molecule has 0 aromatic heterocycles. The van der Waals surface area contributed by atoms with Gasteiger partial charge in [-0.3, -0.25) is 4.79 Å². The van der Waals surface area contributed by atoms with Crippen molar-refractivity contribution >= 4 is 15.8 Å². The van der Waals surface area contributed by atoms with Crippen LogP contribution in [0.5, 0.6) is 0 Å². The minimum Gasteiger partial charge on any atom is -0.481 e. The maximum absolute atomic E-state index is 11.7. The van der Waals surface area contributed by atoms with Crippen LogP contribution in [0.3, 0.4) is 0 Å². The molecule has 14 heavy (non-hydrogen) atoms. The number of carbonyl (C=O) groups is 1. The van der Waals surface area contributed by atoms with Gasteiger partial charge in [-0.2, -0.15) is 0 Å². The first-order valence-corrected chi connectivity index (χ1v) is 6.28. The quantitative estimate of drug-likeness (QED) is 0.627. The second kappa shape index (κ2) is 6.75.